The minimum atomic E-state index is -3.92. The summed E-state index contributed by atoms with van der Waals surface area (Å²) in [6, 6.07) is 4.21. The zero-order chi connectivity index (χ0) is 17.5. The van der Waals surface area contributed by atoms with Crippen LogP contribution in [-0.4, -0.2) is 37.4 Å². The Bertz CT molecular complexity index is 909. The van der Waals surface area contributed by atoms with Crippen molar-refractivity contribution in [3.63, 3.8) is 0 Å². The number of amides is 1. The van der Waals surface area contributed by atoms with Gasteiger partial charge >= 0.3 is 0 Å². The van der Waals surface area contributed by atoms with E-state index in [4.69, 9.17) is 0 Å². The van der Waals surface area contributed by atoms with Gasteiger partial charge in [0, 0.05) is 44.5 Å². The molecule has 6 nitrogen and oxygen atoms in total. The fraction of sp³-hybridized carbons (Fsp3) is 0.267. The van der Waals surface area contributed by atoms with Gasteiger partial charge in [-0.3, -0.25) is 4.79 Å². The lowest BCUT2D eigenvalue weighted by Gasteiger charge is -2.23. The Kier molecular flexibility index (Phi) is 4.14. The van der Waals surface area contributed by atoms with E-state index in [9.17, 15) is 22.0 Å². The number of fused-ring (bicyclic) bond motifs is 1. The van der Waals surface area contributed by atoms with E-state index in [1.807, 2.05) is 0 Å². The van der Waals surface area contributed by atoms with Crippen LogP contribution < -0.4 is 4.72 Å². The van der Waals surface area contributed by atoms with Crippen molar-refractivity contribution in [2.24, 2.45) is 0 Å². The third kappa shape index (κ3) is 3.04. The number of nitrogens with zero attached hydrogens (tertiary/aromatic N) is 2. The number of nitrogens with one attached hydrogen (secondary N) is 1. The monoisotopic (exact) mass is 355 g/mol. The molecule has 24 heavy (non-hydrogen) atoms. The van der Waals surface area contributed by atoms with Crippen LogP contribution >= 0.6 is 0 Å². The fourth-order valence-electron chi connectivity index (χ4n) is 2.47. The topological polar surface area (TPSA) is 71.4 Å². The summed E-state index contributed by atoms with van der Waals surface area (Å²) < 4.78 is 55.0. The van der Waals surface area contributed by atoms with Crippen LogP contribution in [0.4, 0.5) is 8.78 Å². The Morgan fingerprint density at radius 2 is 1.96 bits per heavy atom. The second kappa shape index (κ2) is 5.99. The number of carbonyl (C=O) groups excluding carboxylic acids is 1. The van der Waals surface area contributed by atoms with E-state index in [2.05, 4.69) is 4.72 Å². The number of likely N-dealkylation sites (N-methyl/N-ethyl adjacent to an activating group) is 1. The van der Waals surface area contributed by atoms with E-state index < -0.39 is 21.7 Å². The quantitative estimate of drug-likeness (QED) is 0.899. The van der Waals surface area contributed by atoms with Gasteiger partial charge in [-0.2, -0.15) is 0 Å². The lowest BCUT2D eigenvalue weighted by atomic mass is 10.2. The lowest BCUT2D eigenvalue weighted by Crippen LogP contribution is -2.36. The smallest absolute Gasteiger partial charge is 0.270 e. The van der Waals surface area contributed by atoms with Crippen LogP contribution in [0.3, 0.4) is 0 Å². The molecule has 0 bridgehead atoms. The summed E-state index contributed by atoms with van der Waals surface area (Å²) >= 11 is 0. The number of rotatable bonds is 4. The zero-order valence-electron chi connectivity index (χ0n) is 12.8. The maximum Gasteiger partial charge on any atom is 0.270 e. The van der Waals surface area contributed by atoms with E-state index in [0.717, 1.165) is 6.07 Å². The number of halogens is 2. The maximum absolute atomic E-state index is 13.6. The van der Waals surface area contributed by atoms with Gasteiger partial charge in [0.1, 0.15) is 22.2 Å². The Morgan fingerprint density at radius 1 is 1.21 bits per heavy atom. The van der Waals surface area contributed by atoms with Crippen LogP contribution in [0.25, 0.3) is 0 Å². The molecule has 1 aromatic heterocycles. The molecule has 1 amide bonds. The predicted molar refractivity (Wildman–Crippen MR) is 81.8 cm³/mol. The highest BCUT2D eigenvalue weighted by molar-refractivity contribution is 7.89. The second-order valence-electron chi connectivity index (χ2n) is 5.54. The molecule has 0 unspecified atom stereocenters. The molecule has 0 atom stereocenters. The number of benzene rings is 1. The van der Waals surface area contributed by atoms with Crippen LogP contribution in [0, 0.1) is 11.6 Å². The SMILES string of the molecule is CN1CCn2cc(S(=O)(=O)NCc3ccc(F)cc3F)cc2C1=O. The van der Waals surface area contributed by atoms with Gasteiger partial charge in [0.15, 0.2) is 0 Å². The molecule has 1 aliphatic rings. The summed E-state index contributed by atoms with van der Waals surface area (Å²) in [7, 11) is -2.28. The number of hydrogen-bond acceptors (Lipinski definition) is 3. The first kappa shape index (κ1) is 16.6. The third-order valence-electron chi connectivity index (χ3n) is 3.89. The van der Waals surface area contributed by atoms with Gasteiger partial charge in [0.05, 0.1) is 0 Å². The van der Waals surface area contributed by atoms with Crippen molar-refractivity contribution in [2.75, 3.05) is 13.6 Å². The van der Waals surface area contributed by atoms with Crippen molar-refractivity contribution < 1.29 is 22.0 Å². The first-order valence-corrected chi connectivity index (χ1v) is 8.65. The van der Waals surface area contributed by atoms with Crippen molar-refractivity contribution in [1.29, 1.82) is 0 Å². The molecular weight excluding hydrogens is 340 g/mol. The molecule has 0 aliphatic carbocycles. The van der Waals surface area contributed by atoms with Gasteiger partial charge in [-0.15, -0.1) is 0 Å². The summed E-state index contributed by atoms with van der Waals surface area (Å²) in [6.07, 6.45) is 1.38. The van der Waals surface area contributed by atoms with E-state index in [1.54, 1.807) is 11.6 Å². The number of carbonyl (C=O) groups is 1. The molecule has 0 fully saturated rings. The predicted octanol–water partition coefficient (Wildman–Crippen LogP) is 1.33. The Hall–Kier alpha value is -2.26. The minimum Gasteiger partial charge on any atom is -0.340 e. The highest BCUT2D eigenvalue weighted by Gasteiger charge is 2.26. The average molecular weight is 355 g/mol. The van der Waals surface area contributed by atoms with Gasteiger partial charge in [0.2, 0.25) is 10.0 Å². The van der Waals surface area contributed by atoms with Crippen LogP contribution in [-0.2, 0) is 23.1 Å². The van der Waals surface area contributed by atoms with Crippen molar-refractivity contribution in [3.8, 4) is 0 Å². The molecule has 0 radical (unpaired) electrons. The summed E-state index contributed by atoms with van der Waals surface area (Å²) in [6.45, 7) is 0.677. The normalized spacial score (nSPS) is 14.8. The van der Waals surface area contributed by atoms with Crippen molar-refractivity contribution in [1.82, 2.24) is 14.2 Å². The van der Waals surface area contributed by atoms with Gasteiger partial charge in [-0.05, 0) is 12.1 Å². The van der Waals surface area contributed by atoms with Gasteiger partial charge in [0.25, 0.3) is 5.91 Å². The molecule has 3 rings (SSSR count). The molecule has 1 aliphatic heterocycles. The molecule has 128 valence electrons. The fourth-order valence-corrected chi connectivity index (χ4v) is 3.52. The van der Waals surface area contributed by atoms with Crippen molar-refractivity contribution in [2.45, 2.75) is 18.0 Å². The molecule has 1 aromatic carbocycles. The van der Waals surface area contributed by atoms with Gasteiger partial charge in [-0.25, -0.2) is 21.9 Å². The van der Waals surface area contributed by atoms with E-state index >= 15 is 0 Å². The Balaban J connectivity index is 1.81. The molecule has 1 N–H and O–H groups in total. The average Bonchev–Trinajstić information content (AvgIpc) is 2.96. The number of aromatic nitrogens is 1. The molecule has 9 heteroatoms. The van der Waals surface area contributed by atoms with E-state index in [-0.39, 0.29) is 28.6 Å². The van der Waals surface area contributed by atoms with Gasteiger partial charge < -0.3 is 9.47 Å². The molecular formula is C15H15F2N3O3S. The van der Waals surface area contributed by atoms with Crippen LogP contribution in [0.15, 0.2) is 35.4 Å². The summed E-state index contributed by atoms with van der Waals surface area (Å²) in [5.41, 5.74) is 0.317. The van der Waals surface area contributed by atoms with Crippen LogP contribution in [0.5, 0.6) is 0 Å². The van der Waals surface area contributed by atoms with Crippen molar-refractivity contribution in [3.05, 3.63) is 53.4 Å². The summed E-state index contributed by atoms with van der Waals surface area (Å²) in [5.74, 6) is -1.82. The Morgan fingerprint density at radius 3 is 2.67 bits per heavy atom. The molecule has 2 heterocycles. The minimum absolute atomic E-state index is 0.0276. The third-order valence-corrected chi connectivity index (χ3v) is 5.26. The number of sulfonamides is 1. The standard InChI is InChI=1S/C15H15F2N3O3S/c1-19-4-5-20-9-12(7-14(20)15(19)21)24(22,23)18-8-10-2-3-11(16)6-13(10)17/h2-3,6-7,9,18H,4-5,8H2,1H3. The lowest BCUT2D eigenvalue weighted by molar-refractivity contribution is 0.0749. The first-order valence-electron chi connectivity index (χ1n) is 7.17. The van der Waals surface area contributed by atoms with Crippen LogP contribution in [0.1, 0.15) is 16.1 Å². The van der Waals surface area contributed by atoms with E-state index in [0.29, 0.717) is 19.2 Å². The second-order valence-corrected chi connectivity index (χ2v) is 7.31. The summed E-state index contributed by atoms with van der Waals surface area (Å²) in [4.78, 5) is 13.5. The largest absolute Gasteiger partial charge is 0.340 e. The highest BCUT2D eigenvalue weighted by atomic mass is 32.2. The summed E-state index contributed by atoms with van der Waals surface area (Å²) in [5, 5.41) is 0. The first-order chi connectivity index (χ1) is 11.3. The molecule has 0 saturated carbocycles. The van der Waals surface area contributed by atoms with E-state index in [1.165, 1.54) is 23.2 Å². The van der Waals surface area contributed by atoms with Crippen LogP contribution in [0.2, 0.25) is 0 Å². The Labute approximate surface area is 137 Å². The van der Waals surface area contributed by atoms with Crippen molar-refractivity contribution >= 4 is 15.9 Å². The maximum atomic E-state index is 13.6. The zero-order valence-corrected chi connectivity index (χ0v) is 13.6. The molecule has 0 saturated heterocycles. The van der Waals surface area contributed by atoms with Gasteiger partial charge in [-0.1, -0.05) is 6.07 Å². The molecule has 0 spiro atoms. The molecule has 2 aromatic rings. The number of hydrogen-bond donors (Lipinski definition) is 1. The highest BCUT2D eigenvalue weighted by Crippen LogP contribution is 2.19.